The lowest BCUT2D eigenvalue weighted by atomic mass is 9.68. The number of amides is 1. The van der Waals surface area contributed by atoms with E-state index in [1.165, 1.54) is 37.8 Å². The highest BCUT2D eigenvalue weighted by Crippen LogP contribution is 2.45. The topological polar surface area (TPSA) is 75.4 Å². The van der Waals surface area contributed by atoms with Crippen molar-refractivity contribution in [3.05, 3.63) is 42.1 Å². The van der Waals surface area contributed by atoms with Crippen molar-refractivity contribution < 1.29 is 9.32 Å². The molecule has 0 saturated carbocycles. The molecule has 2 aromatic rings. The second-order valence-corrected chi connectivity index (χ2v) is 9.84. The molecule has 2 unspecified atom stereocenters. The van der Waals surface area contributed by atoms with Gasteiger partial charge in [0.05, 0.1) is 6.04 Å². The number of rotatable bonds is 4. The molecule has 7 heteroatoms. The Morgan fingerprint density at radius 2 is 2.06 bits per heavy atom. The first kappa shape index (κ1) is 20.1. The van der Waals surface area contributed by atoms with Crippen LogP contribution in [0.15, 0.2) is 40.7 Å². The van der Waals surface area contributed by atoms with Gasteiger partial charge in [-0.25, -0.2) is 0 Å². The second kappa shape index (κ2) is 8.43. The van der Waals surface area contributed by atoms with Gasteiger partial charge in [-0.1, -0.05) is 23.2 Å². The summed E-state index contributed by atoms with van der Waals surface area (Å²) in [4.78, 5) is 26.7. The van der Waals surface area contributed by atoms with Crippen LogP contribution in [0.25, 0.3) is 11.4 Å². The van der Waals surface area contributed by atoms with E-state index in [9.17, 15) is 4.79 Å². The summed E-state index contributed by atoms with van der Waals surface area (Å²) in [6.45, 7) is 3.27. The lowest BCUT2D eigenvalue weighted by Gasteiger charge is -2.54. The summed E-state index contributed by atoms with van der Waals surface area (Å²) >= 11 is 0. The number of carbonyl (C=O) groups excluding carboxylic acids is 1. The molecule has 3 saturated heterocycles. The minimum atomic E-state index is 0.225. The van der Waals surface area contributed by atoms with Gasteiger partial charge in [-0.3, -0.25) is 14.7 Å². The van der Waals surface area contributed by atoms with Crippen molar-refractivity contribution in [2.75, 3.05) is 19.6 Å². The Morgan fingerprint density at radius 1 is 1.16 bits per heavy atom. The molecule has 4 atom stereocenters. The molecule has 32 heavy (non-hydrogen) atoms. The van der Waals surface area contributed by atoms with Crippen molar-refractivity contribution >= 4 is 5.91 Å². The number of fused-ring (bicyclic) bond motifs is 6. The Kier molecular flexibility index (Phi) is 5.29. The Bertz CT molecular complexity index is 1000. The highest BCUT2D eigenvalue weighted by atomic mass is 16.5. The Labute approximate surface area is 188 Å². The standard InChI is InChI=1S/C25H31N5O2/c31-23(7-6-22-27-25(28-32-22)17-8-10-26-11-9-17)30-13-3-4-18-14-19-15-20(24(18)30)16-29-12-2-1-5-21(19)29/h8-11,14,19-21,24H,1-7,12-13,15-16H2/t19-,20-,21?,24?/m0/s1. The van der Waals surface area contributed by atoms with Gasteiger partial charge in [0.1, 0.15) is 0 Å². The SMILES string of the molecule is O=C(CCc1nc(-c2ccncc2)no1)N1CCCC2=C[C@H]3C[C@@H](CN4CCCCC34)C21. The molecule has 5 heterocycles. The highest BCUT2D eigenvalue weighted by molar-refractivity contribution is 5.77. The molecule has 0 spiro atoms. The van der Waals surface area contributed by atoms with E-state index in [2.05, 4.69) is 31.0 Å². The number of nitrogens with zero attached hydrogens (tertiary/aromatic N) is 5. The maximum absolute atomic E-state index is 13.3. The summed E-state index contributed by atoms with van der Waals surface area (Å²) < 4.78 is 5.42. The normalized spacial score (nSPS) is 29.8. The van der Waals surface area contributed by atoms with E-state index >= 15 is 0 Å². The number of aryl methyl sites for hydroxylation is 1. The maximum atomic E-state index is 13.3. The molecule has 4 aliphatic rings. The third-order valence-corrected chi connectivity index (χ3v) is 7.94. The molecule has 6 rings (SSSR count). The van der Waals surface area contributed by atoms with Crippen molar-refractivity contribution in [3.8, 4) is 11.4 Å². The number of likely N-dealkylation sites (tertiary alicyclic amines) is 1. The van der Waals surface area contributed by atoms with Crippen molar-refractivity contribution in [1.29, 1.82) is 0 Å². The largest absolute Gasteiger partial charge is 0.339 e. The van der Waals surface area contributed by atoms with E-state index in [1.807, 2.05) is 12.1 Å². The van der Waals surface area contributed by atoms with E-state index < -0.39 is 0 Å². The van der Waals surface area contributed by atoms with E-state index in [0.29, 0.717) is 42.4 Å². The number of hydrogen-bond acceptors (Lipinski definition) is 6. The van der Waals surface area contributed by atoms with Gasteiger partial charge in [-0.2, -0.15) is 4.98 Å². The summed E-state index contributed by atoms with van der Waals surface area (Å²) in [5.74, 6) is 2.58. The molecular weight excluding hydrogens is 402 g/mol. The third-order valence-electron chi connectivity index (χ3n) is 7.94. The van der Waals surface area contributed by atoms with Gasteiger partial charge < -0.3 is 9.42 Å². The van der Waals surface area contributed by atoms with Gasteiger partial charge in [0.2, 0.25) is 17.6 Å². The van der Waals surface area contributed by atoms with Gasteiger partial charge >= 0.3 is 0 Å². The molecule has 168 valence electrons. The van der Waals surface area contributed by atoms with Crippen LogP contribution < -0.4 is 0 Å². The van der Waals surface area contributed by atoms with Crippen LogP contribution in [0.3, 0.4) is 0 Å². The molecule has 0 aromatic carbocycles. The van der Waals surface area contributed by atoms with Gasteiger partial charge in [-0.15, -0.1) is 0 Å². The summed E-state index contributed by atoms with van der Waals surface area (Å²) in [7, 11) is 0. The number of carbonyl (C=O) groups is 1. The van der Waals surface area contributed by atoms with Gasteiger partial charge in [0.25, 0.3) is 0 Å². The zero-order chi connectivity index (χ0) is 21.5. The van der Waals surface area contributed by atoms with Gasteiger partial charge in [0.15, 0.2) is 0 Å². The average Bonchev–Trinajstić information content (AvgIpc) is 3.32. The fourth-order valence-electron chi connectivity index (χ4n) is 6.59. The Hall–Kier alpha value is -2.54. The number of hydrogen-bond donors (Lipinski definition) is 0. The fraction of sp³-hybridized carbons (Fsp3) is 0.600. The van der Waals surface area contributed by atoms with E-state index in [0.717, 1.165) is 37.5 Å². The number of piperidine rings is 3. The Balaban J connectivity index is 1.15. The smallest absolute Gasteiger partial charge is 0.227 e. The molecule has 1 aliphatic carbocycles. The summed E-state index contributed by atoms with van der Waals surface area (Å²) in [5.41, 5.74) is 2.41. The molecule has 0 N–H and O–H groups in total. The molecule has 3 aliphatic heterocycles. The first-order valence-electron chi connectivity index (χ1n) is 12.2. The first-order chi connectivity index (χ1) is 15.8. The van der Waals surface area contributed by atoms with Crippen molar-refractivity contribution in [2.45, 2.75) is 63.5 Å². The van der Waals surface area contributed by atoms with E-state index in [4.69, 9.17) is 4.52 Å². The van der Waals surface area contributed by atoms with Crippen LogP contribution in [-0.4, -0.2) is 62.5 Å². The molecule has 7 nitrogen and oxygen atoms in total. The monoisotopic (exact) mass is 433 g/mol. The molecule has 2 bridgehead atoms. The van der Waals surface area contributed by atoms with Crippen LogP contribution in [0.5, 0.6) is 0 Å². The zero-order valence-corrected chi connectivity index (χ0v) is 18.5. The van der Waals surface area contributed by atoms with Gasteiger partial charge in [-0.05, 0) is 62.6 Å². The number of aromatic nitrogens is 3. The zero-order valence-electron chi connectivity index (χ0n) is 18.5. The average molecular weight is 434 g/mol. The first-order valence-corrected chi connectivity index (χ1v) is 12.2. The van der Waals surface area contributed by atoms with Crippen LogP contribution in [0, 0.1) is 11.8 Å². The lowest BCUT2D eigenvalue weighted by molar-refractivity contribution is -0.136. The number of pyridine rings is 1. The van der Waals surface area contributed by atoms with Crippen LogP contribution >= 0.6 is 0 Å². The molecule has 1 amide bonds. The summed E-state index contributed by atoms with van der Waals surface area (Å²) in [6, 6.07) is 4.75. The van der Waals surface area contributed by atoms with Crippen LogP contribution in [0.1, 0.15) is 50.8 Å². The quantitative estimate of drug-likeness (QED) is 0.687. The summed E-state index contributed by atoms with van der Waals surface area (Å²) in [5, 5.41) is 4.07. The van der Waals surface area contributed by atoms with Crippen molar-refractivity contribution in [2.24, 2.45) is 11.8 Å². The minimum Gasteiger partial charge on any atom is -0.339 e. The van der Waals surface area contributed by atoms with Crippen LogP contribution in [-0.2, 0) is 11.2 Å². The van der Waals surface area contributed by atoms with E-state index in [-0.39, 0.29) is 5.91 Å². The molecule has 3 fully saturated rings. The molecule has 0 radical (unpaired) electrons. The van der Waals surface area contributed by atoms with Crippen molar-refractivity contribution in [1.82, 2.24) is 24.9 Å². The predicted molar refractivity (Wildman–Crippen MR) is 119 cm³/mol. The fourth-order valence-corrected chi connectivity index (χ4v) is 6.59. The summed E-state index contributed by atoms with van der Waals surface area (Å²) in [6.07, 6.45) is 14.4. The molecular formula is C25H31N5O2. The van der Waals surface area contributed by atoms with Crippen molar-refractivity contribution in [3.63, 3.8) is 0 Å². The Morgan fingerprint density at radius 3 is 2.97 bits per heavy atom. The van der Waals surface area contributed by atoms with Gasteiger partial charge in [0, 0.05) is 49.9 Å². The second-order valence-electron chi connectivity index (χ2n) is 9.84. The highest BCUT2D eigenvalue weighted by Gasteiger charge is 2.46. The lowest BCUT2D eigenvalue weighted by Crippen LogP contribution is -2.60. The predicted octanol–water partition coefficient (Wildman–Crippen LogP) is 3.49. The van der Waals surface area contributed by atoms with E-state index in [1.54, 1.807) is 12.4 Å². The van der Waals surface area contributed by atoms with Crippen LogP contribution in [0.2, 0.25) is 0 Å². The van der Waals surface area contributed by atoms with Crippen LogP contribution in [0.4, 0.5) is 0 Å². The minimum absolute atomic E-state index is 0.225. The maximum Gasteiger partial charge on any atom is 0.227 e. The third kappa shape index (κ3) is 3.66. The molecule has 2 aromatic heterocycles.